The molecular formula is C7H9ClINO2S. The van der Waals surface area contributed by atoms with Gasteiger partial charge in [-0.05, 0) is 13.0 Å². The molecule has 0 aliphatic heterocycles. The first-order valence-electron chi connectivity index (χ1n) is 3.50. The van der Waals surface area contributed by atoms with E-state index in [0.29, 0.717) is 5.03 Å². The number of hydrogen-bond acceptors (Lipinski definition) is 2. The summed E-state index contributed by atoms with van der Waals surface area (Å²) in [6.07, 6.45) is 4.76. The molecule has 74 valence electrons. The molecule has 13 heavy (non-hydrogen) atoms. The molecule has 0 aromatic rings. The average Bonchev–Trinajstić information content (AvgIpc) is 1.95. The highest BCUT2D eigenvalue weighted by Crippen LogP contribution is 2.33. The van der Waals surface area contributed by atoms with Gasteiger partial charge in [-0.25, -0.2) is 13.6 Å². The van der Waals surface area contributed by atoms with E-state index < -0.39 is 14.8 Å². The number of nitrogens with two attached hydrogens (primary N) is 1. The van der Waals surface area contributed by atoms with Crippen molar-refractivity contribution in [3.8, 4) is 0 Å². The summed E-state index contributed by atoms with van der Waals surface area (Å²) in [4.78, 5) is 0. The van der Waals surface area contributed by atoms with Gasteiger partial charge in [-0.1, -0.05) is 46.3 Å². The number of halogens is 2. The Hall–Kier alpha value is 0.410. The van der Waals surface area contributed by atoms with Crippen LogP contribution < -0.4 is 5.14 Å². The minimum absolute atomic E-state index is 0.238. The predicted octanol–water partition coefficient (Wildman–Crippen LogP) is 1.53. The van der Waals surface area contributed by atoms with Crippen LogP contribution in [0, 0.1) is 0 Å². The zero-order valence-electron chi connectivity index (χ0n) is 6.87. The third-order valence-electron chi connectivity index (χ3n) is 2.04. The summed E-state index contributed by atoms with van der Waals surface area (Å²) >= 11 is 7.73. The summed E-state index contributed by atoms with van der Waals surface area (Å²) in [6.45, 7) is 1.58. The Labute approximate surface area is 96.2 Å². The van der Waals surface area contributed by atoms with Gasteiger partial charge in [0.15, 0.2) is 0 Å². The number of rotatable bonds is 1. The molecule has 1 rings (SSSR count). The van der Waals surface area contributed by atoms with Gasteiger partial charge in [0.25, 0.3) is 0 Å². The van der Waals surface area contributed by atoms with Crippen molar-refractivity contribution in [2.24, 2.45) is 5.14 Å². The van der Waals surface area contributed by atoms with Crippen molar-refractivity contribution < 1.29 is 8.42 Å². The second-order valence-electron chi connectivity index (χ2n) is 3.02. The van der Waals surface area contributed by atoms with Gasteiger partial charge >= 0.3 is 0 Å². The highest BCUT2D eigenvalue weighted by atomic mass is 127. The third-order valence-corrected chi connectivity index (χ3v) is 5.98. The molecule has 2 atom stereocenters. The number of allylic oxidation sites excluding steroid dienone is 3. The third kappa shape index (κ3) is 2.08. The van der Waals surface area contributed by atoms with Gasteiger partial charge < -0.3 is 0 Å². The predicted molar refractivity (Wildman–Crippen MR) is 62.4 cm³/mol. The topological polar surface area (TPSA) is 60.2 Å². The van der Waals surface area contributed by atoms with Gasteiger partial charge in [-0.3, -0.25) is 0 Å². The molecule has 0 fully saturated rings. The molecule has 1 aliphatic rings. The van der Waals surface area contributed by atoms with E-state index in [1.807, 2.05) is 22.6 Å². The van der Waals surface area contributed by atoms with E-state index in [0.717, 1.165) is 0 Å². The van der Waals surface area contributed by atoms with E-state index in [4.69, 9.17) is 16.7 Å². The molecule has 0 radical (unpaired) electrons. The Balaban J connectivity index is 3.18. The Bertz CT molecular complexity index is 376. The Morgan fingerprint density at radius 1 is 1.69 bits per heavy atom. The first-order valence-corrected chi connectivity index (χ1v) is 6.67. The van der Waals surface area contributed by atoms with Gasteiger partial charge in [-0.15, -0.1) is 0 Å². The molecule has 0 aromatic heterocycles. The normalized spacial score (nSPS) is 34.5. The maximum absolute atomic E-state index is 11.3. The van der Waals surface area contributed by atoms with Crippen LogP contribution in [0.25, 0.3) is 0 Å². The largest absolute Gasteiger partial charge is 0.228 e. The SMILES string of the molecule is CC1(S(N)(=O)=O)C=CC(Cl)=CC1I. The lowest BCUT2D eigenvalue weighted by Gasteiger charge is -2.29. The van der Waals surface area contributed by atoms with E-state index in [1.54, 1.807) is 19.1 Å². The summed E-state index contributed by atoms with van der Waals surface area (Å²) in [5, 5.41) is 5.67. The Morgan fingerprint density at radius 3 is 2.62 bits per heavy atom. The molecule has 1 aliphatic carbocycles. The van der Waals surface area contributed by atoms with Crippen molar-refractivity contribution in [1.29, 1.82) is 0 Å². The van der Waals surface area contributed by atoms with Crippen LogP contribution >= 0.6 is 34.2 Å². The van der Waals surface area contributed by atoms with Crippen molar-refractivity contribution in [3.05, 3.63) is 23.3 Å². The van der Waals surface area contributed by atoms with Crippen LogP contribution in [-0.2, 0) is 10.0 Å². The summed E-state index contributed by atoms with van der Waals surface area (Å²) in [5.41, 5.74) is 0. The first-order chi connectivity index (χ1) is 5.77. The second-order valence-corrected chi connectivity index (χ2v) is 6.76. The van der Waals surface area contributed by atoms with Crippen LogP contribution in [0.15, 0.2) is 23.3 Å². The lowest BCUT2D eigenvalue weighted by Crippen LogP contribution is -2.46. The molecule has 2 unspecified atom stereocenters. The van der Waals surface area contributed by atoms with Crippen LogP contribution in [0.1, 0.15) is 6.92 Å². The fourth-order valence-corrected chi connectivity index (χ4v) is 3.65. The summed E-state index contributed by atoms with van der Waals surface area (Å²) < 4.78 is 21.3. The quantitative estimate of drug-likeness (QED) is 0.584. The minimum Gasteiger partial charge on any atom is -0.228 e. The van der Waals surface area contributed by atoms with Crippen LogP contribution in [0.4, 0.5) is 0 Å². The fraction of sp³-hybridized carbons (Fsp3) is 0.429. The molecule has 6 heteroatoms. The van der Waals surface area contributed by atoms with E-state index in [2.05, 4.69) is 0 Å². The minimum atomic E-state index is -3.60. The van der Waals surface area contributed by atoms with Gasteiger partial charge in [-0.2, -0.15) is 0 Å². The second kappa shape index (κ2) is 3.52. The van der Waals surface area contributed by atoms with Gasteiger partial charge in [0, 0.05) is 5.03 Å². The van der Waals surface area contributed by atoms with Crippen molar-refractivity contribution in [2.45, 2.75) is 15.6 Å². The molecule has 0 saturated carbocycles. The Morgan fingerprint density at radius 2 is 2.23 bits per heavy atom. The van der Waals surface area contributed by atoms with E-state index in [1.165, 1.54) is 6.08 Å². The lowest BCUT2D eigenvalue weighted by atomic mass is 10.0. The van der Waals surface area contributed by atoms with Gasteiger partial charge in [0.05, 0.1) is 3.92 Å². The number of hydrogen-bond donors (Lipinski definition) is 1. The molecule has 3 nitrogen and oxygen atoms in total. The van der Waals surface area contributed by atoms with Gasteiger partial charge in [0.1, 0.15) is 4.75 Å². The average molecular weight is 334 g/mol. The zero-order valence-corrected chi connectivity index (χ0v) is 10.6. The molecular weight excluding hydrogens is 325 g/mol. The van der Waals surface area contributed by atoms with Crippen molar-refractivity contribution in [2.75, 3.05) is 0 Å². The Kier molecular flexibility index (Phi) is 3.11. The summed E-state index contributed by atoms with van der Waals surface area (Å²) in [7, 11) is -3.60. The zero-order chi connectivity index (χ0) is 10.3. The molecule has 0 spiro atoms. The maximum Gasteiger partial charge on any atom is 0.219 e. The summed E-state index contributed by atoms with van der Waals surface area (Å²) in [6, 6.07) is 0. The standard InChI is InChI=1S/C7H9ClINO2S/c1-7(13(10,11)12)3-2-5(8)4-6(7)9/h2-4,6H,1H3,(H2,10,11,12). The van der Waals surface area contributed by atoms with Crippen molar-refractivity contribution >= 4 is 44.2 Å². The number of alkyl halides is 1. The molecule has 0 aromatic carbocycles. The number of primary sulfonamides is 1. The number of sulfonamides is 1. The maximum atomic E-state index is 11.3. The molecule has 0 bridgehead atoms. The van der Waals surface area contributed by atoms with Crippen LogP contribution in [0.5, 0.6) is 0 Å². The molecule has 0 saturated heterocycles. The molecule has 0 heterocycles. The van der Waals surface area contributed by atoms with Gasteiger partial charge in [0.2, 0.25) is 10.0 Å². The van der Waals surface area contributed by atoms with Crippen LogP contribution in [0.2, 0.25) is 0 Å². The fourth-order valence-electron chi connectivity index (χ4n) is 0.950. The van der Waals surface area contributed by atoms with Crippen molar-refractivity contribution in [1.82, 2.24) is 0 Å². The summed E-state index contributed by atoms with van der Waals surface area (Å²) in [5.74, 6) is 0. The van der Waals surface area contributed by atoms with E-state index in [-0.39, 0.29) is 3.92 Å². The van der Waals surface area contributed by atoms with Crippen LogP contribution in [-0.4, -0.2) is 17.1 Å². The molecule has 2 N–H and O–H groups in total. The molecule has 0 amide bonds. The van der Waals surface area contributed by atoms with Crippen molar-refractivity contribution in [3.63, 3.8) is 0 Å². The monoisotopic (exact) mass is 333 g/mol. The lowest BCUT2D eigenvalue weighted by molar-refractivity contribution is 0.569. The highest BCUT2D eigenvalue weighted by Gasteiger charge is 2.41. The van der Waals surface area contributed by atoms with E-state index >= 15 is 0 Å². The van der Waals surface area contributed by atoms with E-state index in [9.17, 15) is 8.42 Å². The van der Waals surface area contributed by atoms with Crippen LogP contribution in [0.3, 0.4) is 0 Å². The smallest absolute Gasteiger partial charge is 0.219 e. The first kappa shape index (κ1) is 11.5. The highest BCUT2D eigenvalue weighted by molar-refractivity contribution is 14.1.